The minimum Gasteiger partial charge on any atom is -0.362 e. The van der Waals surface area contributed by atoms with Crippen LogP contribution in [0.5, 0.6) is 0 Å². The highest BCUT2D eigenvalue weighted by Gasteiger charge is 2.17. The fourth-order valence-corrected chi connectivity index (χ4v) is 4.09. The Balaban J connectivity index is 1.44. The molecular formula is C20H33N5S. The molecule has 0 aliphatic carbocycles. The first-order valence-electron chi connectivity index (χ1n) is 10.2. The van der Waals surface area contributed by atoms with Gasteiger partial charge in [-0.05, 0) is 76.2 Å². The third-order valence-corrected chi connectivity index (χ3v) is 5.84. The molecule has 1 N–H and O–H groups in total. The summed E-state index contributed by atoms with van der Waals surface area (Å²) in [4.78, 5) is 11.9. The summed E-state index contributed by atoms with van der Waals surface area (Å²) in [6.07, 6.45) is 8.15. The molecule has 2 aliphatic rings. The van der Waals surface area contributed by atoms with Crippen molar-refractivity contribution in [1.82, 2.24) is 25.0 Å². The minimum atomic E-state index is 0.847. The van der Waals surface area contributed by atoms with Crippen LogP contribution in [-0.4, -0.2) is 83.7 Å². The Morgan fingerprint density at radius 2 is 1.62 bits per heavy atom. The molecule has 0 unspecified atom stereocenters. The predicted octanol–water partition coefficient (Wildman–Crippen LogP) is 1.99. The van der Waals surface area contributed by atoms with Crippen LogP contribution in [0.1, 0.15) is 31.4 Å². The largest absolute Gasteiger partial charge is 0.362 e. The van der Waals surface area contributed by atoms with E-state index >= 15 is 0 Å². The van der Waals surface area contributed by atoms with E-state index in [0.717, 1.165) is 50.0 Å². The Kier molecular flexibility index (Phi) is 8.11. The van der Waals surface area contributed by atoms with Crippen LogP contribution in [-0.2, 0) is 6.42 Å². The van der Waals surface area contributed by atoms with E-state index in [-0.39, 0.29) is 0 Å². The van der Waals surface area contributed by atoms with E-state index in [1.165, 1.54) is 51.9 Å². The van der Waals surface area contributed by atoms with Crippen molar-refractivity contribution < 1.29 is 0 Å². The summed E-state index contributed by atoms with van der Waals surface area (Å²) in [7, 11) is 0. The summed E-state index contributed by atoms with van der Waals surface area (Å²) < 4.78 is 0. The molecule has 2 aliphatic heterocycles. The molecule has 0 saturated carbocycles. The van der Waals surface area contributed by atoms with Crippen LogP contribution < -0.4 is 5.32 Å². The van der Waals surface area contributed by atoms with Gasteiger partial charge in [0.2, 0.25) is 0 Å². The van der Waals surface area contributed by atoms with Gasteiger partial charge in [-0.2, -0.15) is 0 Å². The van der Waals surface area contributed by atoms with Gasteiger partial charge in [-0.3, -0.25) is 4.98 Å². The van der Waals surface area contributed by atoms with E-state index in [9.17, 15) is 0 Å². The normalized spacial score (nSPS) is 18.3. The molecule has 0 aromatic carbocycles. The second-order valence-corrected chi connectivity index (χ2v) is 7.77. The highest BCUT2D eigenvalue weighted by molar-refractivity contribution is 7.80. The van der Waals surface area contributed by atoms with E-state index in [0.29, 0.717) is 0 Å². The second kappa shape index (κ2) is 10.8. The first-order valence-corrected chi connectivity index (χ1v) is 10.6. The fraction of sp³-hybridized carbons (Fsp3) is 0.700. The number of hydrogen-bond donors (Lipinski definition) is 1. The molecular weight excluding hydrogens is 342 g/mol. The van der Waals surface area contributed by atoms with Gasteiger partial charge >= 0.3 is 0 Å². The highest BCUT2D eigenvalue weighted by atomic mass is 32.1. The Morgan fingerprint density at radius 3 is 2.15 bits per heavy atom. The number of nitrogens with one attached hydrogen (secondary N) is 1. The van der Waals surface area contributed by atoms with E-state index in [1.807, 2.05) is 18.3 Å². The van der Waals surface area contributed by atoms with Gasteiger partial charge in [-0.15, -0.1) is 0 Å². The van der Waals surface area contributed by atoms with Crippen molar-refractivity contribution in [2.75, 3.05) is 58.9 Å². The Labute approximate surface area is 163 Å². The summed E-state index contributed by atoms with van der Waals surface area (Å²) in [6.45, 7) is 10.2. The monoisotopic (exact) mass is 375 g/mol. The van der Waals surface area contributed by atoms with Crippen LogP contribution in [0.15, 0.2) is 24.4 Å². The molecule has 0 radical (unpaired) electrons. The zero-order chi connectivity index (χ0) is 18.0. The zero-order valence-electron chi connectivity index (χ0n) is 15.9. The maximum absolute atomic E-state index is 5.73. The van der Waals surface area contributed by atoms with E-state index in [4.69, 9.17) is 12.2 Å². The smallest absolute Gasteiger partial charge is 0.169 e. The van der Waals surface area contributed by atoms with Crippen molar-refractivity contribution in [2.24, 2.45) is 0 Å². The van der Waals surface area contributed by atoms with Gasteiger partial charge in [0.25, 0.3) is 0 Å². The molecule has 3 rings (SSSR count). The number of pyridine rings is 1. The average molecular weight is 376 g/mol. The number of hydrogen-bond acceptors (Lipinski definition) is 4. The zero-order valence-corrected chi connectivity index (χ0v) is 16.7. The lowest BCUT2D eigenvalue weighted by Crippen LogP contribution is -2.46. The third-order valence-electron chi connectivity index (χ3n) is 5.44. The third kappa shape index (κ3) is 6.49. The number of likely N-dealkylation sites (tertiary alicyclic amines) is 2. The lowest BCUT2D eigenvalue weighted by Gasteiger charge is -2.29. The molecule has 0 spiro atoms. The lowest BCUT2D eigenvalue weighted by molar-refractivity contribution is 0.257. The van der Waals surface area contributed by atoms with Crippen LogP contribution in [0, 0.1) is 0 Å². The maximum Gasteiger partial charge on any atom is 0.169 e. The van der Waals surface area contributed by atoms with Gasteiger partial charge in [-0.1, -0.05) is 6.07 Å². The summed E-state index contributed by atoms with van der Waals surface area (Å²) >= 11 is 5.73. The van der Waals surface area contributed by atoms with E-state index in [1.54, 1.807) is 0 Å². The standard InChI is InChI=1S/C20H33N5S/c26-20(22-10-8-19-7-1-2-9-21-19)25(17-15-23-11-3-4-12-23)18-16-24-13-5-6-14-24/h1-2,7,9H,3-6,8,10-18H2,(H,22,26). The molecule has 26 heavy (non-hydrogen) atoms. The molecule has 1 aromatic rings. The van der Waals surface area contributed by atoms with Crippen LogP contribution in [0.4, 0.5) is 0 Å². The molecule has 2 saturated heterocycles. The van der Waals surface area contributed by atoms with E-state index in [2.05, 4.69) is 31.1 Å². The molecule has 0 atom stereocenters. The highest BCUT2D eigenvalue weighted by Crippen LogP contribution is 2.09. The van der Waals surface area contributed by atoms with Crippen molar-refractivity contribution in [3.63, 3.8) is 0 Å². The summed E-state index contributed by atoms with van der Waals surface area (Å²) in [6, 6.07) is 6.07. The summed E-state index contributed by atoms with van der Waals surface area (Å²) in [5.74, 6) is 0. The molecule has 6 heteroatoms. The molecule has 0 bridgehead atoms. The molecule has 0 amide bonds. The van der Waals surface area contributed by atoms with Crippen molar-refractivity contribution in [3.05, 3.63) is 30.1 Å². The maximum atomic E-state index is 5.73. The Hall–Kier alpha value is -1.24. The molecule has 1 aromatic heterocycles. The minimum absolute atomic E-state index is 0.847. The van der Waals surface area contributed by atoms with Crippen LogP contribution in [0.2, 0.25) is 0 Å². The van der Waals surface area contributed by atoms with Crippen molar-refractivity contribution in [3.8, 4) is 0 Å². The van der Waals surface area contributed by atoms with Gasteiger partial charge in [0, 0.05) is 51.0 Å². The molecule has 5 nitrogen and oxygen atoms in total. The number of rotatable bonds is 9. The fourth-order valence-electron chi connectivity index (χ4n) is 3.81. The van der Waals surface area contributed by atoms with Crippen molar-refractivity contribution in [1.29, 1.82) is 0 Å². The van der Waals surface area contributed by atoms with Gasteiger partial charge in [0.05, 0.1) is 0 Å². The van der Waals surface area contributed by atoms with Crippen molar-refractivity contribution >= 4 is 17.3 Å². The van der Waals surface area contributed by atoms with E-state index < -0.39 is 0 Å². The second-order valence-electron chi connectivity index (χ2n) is 7.39. The topological polar surface area (TPSA) is 34.6 Å². The van der Waals surface area contributed by atoms with Gasteiger partial charge in [0.15, 0.2) is 5.11 Å². The molecule has 3 heterocycles. The van der Waals surface area contributed by atoms with Gasteiger partial charge in [-0.25, -0.2) is 0 Å². The SMILES string of the molecule is S=C(NCCc1ccccn1)N(CCN1CCCC1)CCN1CCCC1. The molecule has 2 fully saturated rings. The Morgan fingerprint density at radius 1 is 1.00 bits per heavy atom. The first kappa shape index (κ1) is 19.5. The quantitative estimate of drug-likeness (QED) is 0.665. The van der Waals surface area contributed by atoms with Crippen LogP contribution in [0.25, 0.3) is 0 Å². The van der Waals surface area contributed by atoms with Crippen molar-refractivity contribution in [2.45, 2.75) is 32.1 Å². The van der Waals surface area contributed by atoms with Gasteiger partial charge < -0.3 is 20.0 Å². The Bertz CT molecular complexity index is 506. The average Bonchev–Trinajstić information content (AvgIpc) is 3.36. The van der Waals surface area contributed by atoms with Crippen LogP contribution >= 0.6 is 12.2 Å². The molecule has 144 valence electrons. The number of nitrogens with zero attached hydrogens (tertiary/aromatic N) is 4. The first-order chi connectivity index (χ1) is 12.8. The summed E-state index contributed by atoms with van der Waals surface area (Å²) in [5, 5.41) is 4.36. The number of aromatic nitrogens is 1. The predicted molar refractivity (Wildman–Crippen MR) is 111 cm³/mol. The lowest BCUT2D eigenvalue weighted by atomic mass is 10.3. The number of thiocarbonyl (C=S) groups is 1. The van der Waals surface area contributed by atoms with Gasteiger partial charge in [0.1, 0.15) is 0 Å². The summed E-state index contributed by atoms with van der Waals surface area (Å²) in [5.41, 5.74) is 1.11. The van der Waals surface area contributed by atoms with Crippen LogP contribution in [0.3, 0.4) is 0 Å².